The summed E-state index contributed by atoms with van der Waals surface area (Å²) in [5.74, 6) is -1.66. The van der Waals surface area contributed by atoms with Gasteiger partial charge in [-0.2, -0.15) is 18.4 Å². The van der Waals surface area contributed by atoms with E-state index in [1.165, 1.54) is 0 Å². The van der Waals surface area contributed by atoms with Crippen molar-refractivity contribution in [2.75, 3.05) is 6.61 Å². The molecule has 0 bridgehead atoms. The van der Waals surface area contributed by atoms with Crippen molar-refractivity contribution in [2.24, 2.45) is 0 Å². The topological polar surface area (TPSA) is 50.1 Å². The van der Waals surface area contributed by atoms with Crippen LogP contribution >= 0.6 is 11.6 Å². The first-order chi connectivity index (χ1) is 8.75. The summed E-state index contributed by atoms with van der Waals surface area (Å²) in [6.45, 7) is 0.801. The molecule has 0 aromatic heterocycles. The van der Waals surface area contributed by atoms with Crippen molar-refractivity contribution < 1.29 is 22.7 Å². The largest absolute Gasteiger partial charge is 0.464 e. The molecule has 1 rings (SSSR count). The van der Waals surface area contributed by atoms with Crippen LogP contribution in [0, 0.1) is 11.3 Å². The van der Waals surface area contributed by atoms with Crippen molar-refractivity contribution in [3.63, 3.8) is 0 Å². The Balaban J connectivity index is 3.10. The molecular formula is C12H9ClF3NO2. The Morgan fingerprint density at radius 2 is 2.16 bits per heavy atom. The number of hydrogen-bond acceptors (Lipinski definition) is 3. The lowest BCUT2D eigenvalue weighted by atomic mass is 9.99. The van der Waals surface area contributed by atoms with Crippen LogP contribution in [0.5, 0.6) is 0 Å². The van der Waals surface area contributed by atoms with Gasteiger partial charge in [-0.15, -0.1) is 0 Å². The Bertz CT molecular complexity index is 523. The molecule has 102 valence electrons. The van der Waals surface area contributed by atoms with Gasteiger partial charge < -0.3 is 4.74 Å². The lowest BCUT2D eigenvalue weighted by Crippen LogP contribution is -2.12. The van der Waals surface area contributed by atoms with Gasteiger partial charge in [0.15, 0.2) is 0 Å². The van der Waals surface area contributed by atoms with Gasteiger partial charge in [-0.05, 0) is 23.8 Å². The van der Waals surface area contributed by atoms with E-state index in [4.69, 9.17) is 16.9 Å². The minimum absolute atomic E-state index is 0.0137. The molecule has 0 N–H and O–H groups in total. The number of carbonyl (C=O) groups is 1. The lowest BCUT2D eigenvalue weighted by molar-refractivity contribution is -0.141. The summed E-state index contributed by atoms with van der Waals surface area (Å²) >= 11 is 5.78. The van der Waals surface area contributed by atoms with Gasteiger partial charge in [0.2, 0.25) is 0 Å². The first kappa shape index (κ1) is 15.3. The normalized spacial score (nSPS) is 12.6. The molecule has 0 radical (unpaired) electrons. The van der Waals surface area contributed by atoms with E-state index < -0.39 is 23.6 Å². The monoisotopic (exact) mass is 291 g/mol. The van der Waals surface area contributed by atoms with Gasteiger partial charge in [0.05, 0.1) is 11.6 Å². The van der Waals surface area contributed by atoms with Gasteiger partial charge in [0.25, 0.3) is 0 Å². The Morgan fingerprint density at radius 3 is 2.63 bits per heavy atom. The highest BCUT2D eigenvalue weighted by atomic mass is 35.5. The second-order valence-corrected chi connectivity index (χ2v) is 4.13. The fraction of sp³-hybridized carbons (Fsp3) is 0.333. The molecular weight excluding hydrogens is 283 g/mol. The third kappa shape index (κ3) is 4.14. The van der Waals surface area contributed by atoms with Gasteiger partial charge in [-0.25, -0.2) is 0 Å². The maximum atomic E-state index is 12.6. The summed E-state index contributed by atoms with van der Waals surface area (Å²) in [5, 5.41) is 8.95. The van der Waals surface area contributed by atoms with E-state index in [0.717, 1.165) is 25.1 Å². The average Bonchev–Trinajstić information content (AvgIpc) is 2.30. The molecule has 0 saturated heterocycles. The standard InChI is InChI=1S/C12H9ClF3NO2/c1-7(18)19-6-8(5-17)10-4-9(12(14,15)16)2-3-11(10)13/h2-4,8H,6H2,1H3. The molecule has 0 aliphatic heterocycles. The molecule has 3 nitrogen and oxygen atoms in total. The molecule has 1 aromatic carbocycles. The van der Waals surface area contributed by atoms with Crippen LogP contribution in [0.25, 0.3) is 0 Å². The van der Waals surface area contributed by atoms with Gasteiger partial charge in [0.1, 0.15) is 12.5 Å². The molecule has 0 spiro atoms. The highest BCUT2D eigenvalue weighted by Gasteiger charge is 2.32. The molecule has 0 saturated carbocycles. The summed E-state index contributed by atoms with van der Waals surface area (Å²) in [7, 11) is 0. The summed E-state index contributed by atoms with van der Waals surface area (Å²) in [6.07, 6.45) is -4.53. The van der Waals surface area contributed by atoms with Crippen molar-refractivity contribution in [1.82, 2.24) is 0 Å². The zero-order chi connectivity index (χ0) is 14.6. The number of halogens is 4. The van der Waals surface area contributed by atoms with Crippen molar-refractivity contribution in [3.05, 3.63) is 34.3 Å². The van der Waals surface area contributed by atoms with Crippen LogP contribution in [0.4, 0.5) is 13.2 Å². The Kier molecular flexibility index (Phi) is 4.78. The molecule has 0 amide bonds. The number of alkyl halides is 3. The zero-order valence-electron chi connectivity index (χ0n) is 9.79. The van der Waals surface area contributed by atoms with Crippen molar-refractivity contribution in [2.45, 2.75) is 19.0 Å². The predicted octanol–water partition coefficient (Wildman–Crippen LogP) is 3.53. The Labute approximate surface area is 112 Å². The molecule has 0 aliphatic rings. The van der Waals surface area contributed by atoms with Gasteiger partial charge in [-0.1, -0.05) is 11.6 Å². The number of benzene rings is 1. The van der Waals surface area contributed by atoms with Crippen LogP contribution in [-0.4, -0.2) is 12.6 Å². The van der Waals surface area contributed by atoms with Crippen LogP contribution < -0.4 is 0 Å². The average molecular weight is 292 g/mol. The molecule has 7 heteroatoms. The van der Waals surface area contributed by atoms with Crippen molar-refractivity contribution >= 4 is 17.6 Å². The number of ether oxygens (including phenoxy) is 1. The summed E-state index contributed by atoms with van der Waals surface area (Å²) in [4.78, 5) is 10.7. The predicted molar refractivity (Wildman–Crippen MR) is 61.4 cm³/mol. The number of hydrogen-bond donors (Lipinski definition) is 0. The summed E-state index contributed by atoms with van der Waals surface area (Å²) < 4.78 is 42.3. The van der Waals surface area contributed by atoms with Gasteiger partial charge in [-0.3, -0.25) is 4.79 Å². The molecule has 1 unspecified atom stereocenters. The maximum Gasteiger partial charge on any atom is 0.416 e. The van der Waals surface area contributed by atoms with Crippen LogP contribution in [0.3, 0.4) is 0 Å². The smallest absolute Gasteiger partial charge is 0.416 e. The van der Waals surface area contributed by atoms with Crippen LogP contribution in [0.1, 0.15) is 24.0 Å². The minimum atomic E-state index is -4.53. The van der Waals surface area contributed by atoms with E-state index in [-0.39, 0.29) is 17.2 Å². The number of nitrogens with zero attached hydrogens (tertiary/aromatic N) is 1. The fourth-order valence-electron chi connectivity index (χ4n) is 1.38. The maximum absolute atomic E-state index is 12.6. The van der Waals surface area contributed by atoms with Crippen LogP contribution in [0.2, 0.25) is 5.02 Å². The van der Waals surface area contributed by atoms with Gasteiger partial charge >= 0.3 is 12.1 Å². The third-order valence-corrected chi connectivity index (χ3v) is 2.65. The summed E-state index contributed by atoms with van der Waals surface area (Å²) in [6, 6.07) is 4.45. The Hall–Kier alpha value is -1.74. The second-order valence-electron chi connectivity index (χ2n) is 3.72. The number of carbonyl (C=O) groups excluding carboxylic acids is 1. The summed E-state index contributed by atoms with van der Waals surface area (Å²) in [5.41, 5.74) is -0.921. The van der Waals surface area contributed by atoms with E-state index in [1.807, 2.05) is 0 Å². The molecule has 0 fully saturated rings. The van der Waals surface area contributed by atoms with E-state index in [2.05, 4.69) is 4.74 Å². The highest BCUT2D eigenvalue weighted by molar-refractivity contribution is 6.31. The molecule has 0 heterocycles. The highest BCUT2D eigenvalue weighted by Crippen LogP contribution is 2.34. The van der Waals surface area contributed by atoms with Crippen molar-refractivity contribution in [1.29, 1.82) is 5.26 Å². The Morgan fingerprint density at radius 1 is 1.53 bits per heavy atom. The third-order valence-electron chi connectivity index (χ3n) is 2.31. The number of nitriles is 1. The molecule has 0 aliphatic carbocycles. The number of esters is 1. The van der Waals surface area contributed by atoms with Gasteiger partial charge in [0, 0.05) is 11.9 Å². The molecule has 1 atom stereocenters. The van der Waals surface area contributed by atoms with E-state index in [0.29, 0.717) is 0 Å². The van der Waals surface area contributed by atoms with Crippen LogP contribution in [0.15, 0.2) is 18.2 Å². The quantitative estimate of drug-likeness (QED) is 0.801. The van der Waals surface area contributed by atoms with Crippen LogP contribution in [-0.2, 0) is 15.7 Å². The SMILES string of the molecule is CC(=O)OCC(C#N)c1cc(C(F)(F)F)ccc1Cl. The minimum Gasteiger partial charge on any atom is -0.464 e. The van der Waals surface area contributed by atoms with E-state index >= 15 is 0 Å². The number of rotatable bonds is 3. The zero-order valence-corrected chi connectivity index (χ0v) is 10.5. The second kappa shape index (κ2) is 5.93. The van der Waals surface area contributed by atoms with Crippen molar-refractivity contribution in [3.8, 4) is 6.07 Å². The lowest BCUT2D eigenvalue weighted by Gasteiger charge is -2.14. The van der Waals surface area contributed by atoms with E-state index in [1.54, 1.807) is 6.07 Å². The van der Waals surface area contributed by atoms with E-state index in [9.17, 15) is 18.0 Å². The first-order valence-electron chi connectivity index (χ1n) is 5.15. The molecule has 1 aromatic rings. The molecule has 19 heavy (non-hydrogen) atoms. The fourth-order valence-corrected chi connectivity index (χ4v) is 1.63. The first-order valence-corrected chi connectivity index (χ1v) is 5.53.